The smallest absolute Gasteiger partial charge is 0.491 e. The Kier molecular flexibility index (Phi) is 11.9. The number of rotatable bonds is 17. The second kappa shape index (κ2) is 14.7. The van der Waals surface area contributed by atoms with Crippen LogP contribution in [0.3, 0.4) is 0 Å². The van der Waals surface area contributed by atoms with Gasteiger partial charge in [-0.05, 0) is 96.9 Å². The summed E-state index contributed by atoms with van der Waals surface area (Å²) in [4.78, 5) is 13.0. The zero-order valence-electron chi connectivity index (χ0n) is 28.0. The lowest BCUT2D eigenvalue weighted by molar-refractivity contribution is -0.274. The quantitative estimate of drug-likeness (QED) is 0.103. The number of carbonyl (C=O) groups is 1. The Balaban J connectivity index is 1.56. The molecule has 0 fully saturated rings. The normalized spacial score (nSPS) is 14.8. The van der Waals surface area contributed by atoms with E-state index in [4.69, 9.17) is 25.4 Å². The molecule has 12 heteroatoms. The van der Waals surface area contributed by atoms with Gasteiger partial charge in [0, 0.05) is 35.3 Å². The third-order valence-corrected chi connectivity index (χ3v) is 8.11. The Morgan fingerprint density at radius 2 is 1.72 bits per heavy atom. The maximum atomic E-state index is 13.1. The summed E-state index contributed by atoms with van der Waals surface area (Å²) >= 11 is 0. The monoisotopic (exact) mass is 653 g/mol. The number of nitrogens with two attached hydrogens (primary N) is 2. The van der Waals surface area contributed by atoms with Gasteiger partial charge in [-0.1, -0.05) is 13.8 Å². The van der Waals surface area contributed by atoms with E-state index >= 15 is 0 Å². The van der Waals surface area contributed by atoms with Crippen LogP contribution in [-0.4, -0.2) is 52.4 Å². The van der Waals surface area contributed by atoms with Gasteiger partial charge >= 0.3 is 12.3 Å². The molecule has 1 aromatic carbocycles. The van der Waals surface area contributed by atoms with Crippen molar-refractivity contribution in [1.82, 2.24) is 4.57 Å². The van der Waals surface area contributed by atoms with Gasteiger partial charge in [-0.3, -0.25) is 4.79 Å². The number of furan rings is 1. The number of carbonyl (C=O) groups excluding carboxylic acids is 1. The zero-order chi connectivity index (χ0) is 34.5. The molecule has 0 aliphatic carbocycles. The average molecular weight is 654 g/mol. The summed E-state index contributed by atoms with van der Waals surface area (Å²) in [7, 11) is 0. The van der Waals surface area contributed by atoms with E-state index in [1.54, 1.807) is 55.8 Å². The van der Waals surface area contributed by atoms with Crippen molar-refractivity contribution in [2.75, 3.05) is 13.2 Å². The largest absolute Gasteiger partial charge is 0.573 e. The van der Waals surface area contributed by atoms with Gasteiger partial charge in [0.15, 0.2) is 11.5 Å². The lowest BCUT2D eigenvalue weighted by atomic mass is 9.67. The van der Waals surface area contributed by atoms with Gasteiger partial charge in [-0.2, -0.15) is 0 Å². The van der Waals surface area contributed by atoms with E-state index in [9.17, 15) is 23.1 Å². The SMILES string of the molecule is CC(C)CCn1ccc(OC(F)(F)F)c1-c1cc2ccc(OCC(O)CCCCOC(=O)C(C)(CC(C)(C)N)C(C)(C)N)cc2o1. The van der Waals surface area contributed by atoms with Crippen molar-refractivity contribution in [3.05, 3.63) is 36.5 Å². The topological polar surface area (TPSA) is 135 Å². The number of aryl methyl sites for hydroxylation is 1. The predicted octanol–water partition coefficient (Wildman–Crippen LogP) is 7.17. The lowest BCUT2D eigenvalue weighted by Crippen LogP contribution is -2.58. The molecule has 3 rings (SSSR count). The minimum absolute atomic E-state index is 0.0193. The van der Waals surface area contributed by atoms with Crippen LogP contribution < -0.4 is 20.9 Å². The molecule has 0 saturated heterocycles. The van der Waals surface area contributed by atoms with Crippen LogP contribution >= 0.6 is 0 Å². The van der Waals surface area contributed by atoms with Gasteiger partial charge in [0.25, 0.3) is 0 Å². The molecular weight excluding hydrogens is 603 g/mol. The number of hydrogen-bond acceptors (Lipinski definition) is 8. The standard InChI is InChI=1S/C34H50F3N3O6/c1-22(2)13-15-40-16-14-26(46-34(35,36)37)29(40)28-18-23-11-12-25(19-27(23)45-28)44-20-24(41)10-8-9-17-43-30(42)33(7,32(5,6)39)21-31(3,4)38/h11-12,14,16,18-19,22,24,41H,8-10,13,15,17,20-21,38-39H2,1-7H3. The van der Waals surface area contributed by atoms with E-state index in [1.807, 2.05) is 27.7 Å². The van der Waals surface area contributed by atoms with Crippen molar-refractivity contribution in [2.24, 2.45) is 22.8 Å². The van der Waals surface area contributed by atoms with Crippen LogP contribution in [0, 0.1) is 11.3 Å². The van der Waals surface area contributed by atoms with Gasteiger partial charge in [-0.25, -0.2) is 0 Å². The molecule has 2 atom stereocenters. The van der Waals surface area contributed by atoms with Crippen molar-refractivity contribution in [3.8, 4) is 23.0 Å². The molecule has 46 heavy (non-hydrogen) atoms. The Bertz CT molecular complexity index is 1430. The highest BCUT2D eigenvalue weighted by atomic mass is 19.4. The molecule has 0 saturated carbocycles. The molecule has 0 radical (unpaired) electrons. The molecule has 0 aliphatic heterocycles. The third-order valence-electron chi connectivity index (χ3n) is 8.11. The van der Waals surface area contributed by atoms with Crippen LogP contribution in [0.15, 0.2) is 40.9 Å². The maximum Gasteiger partial charge on any atom is 0.573 e. The summed E-state index contributed by atoms with van der Waals surface area (Å²) in [5.41, 5.74) is 10.7. The fraction of sp³-hybridized carbons (Fsp3) is 0.618. The molecule has 258 valence electrons. The highest BCUT2D eigenvalue weighted by Gasteiger charge is 2.48. The Hall–Kier alpha value is -3.22. The first kappa shape index (κ1) is 37.2. The predicted molar refractivity (Wildman–Crippen MR) is 171 cm³/mol. The Morgan fingerprint density at radius 3 is 2.33 bits per heavy atom. The molecular formula is C34H50F3N3O6. The Labute approximate surface area is 269 Å². The number of benzene rings is 1. The molecule has 5 N–H and O–H groups in total. The summed E-state index contributed by atoms with van der Waals surface area (Å²) in [5, 5.41) is 11.2. The van der Waals surface area contributed by atoms with Gasteiger partial charge < -0.3 is 39.8 Å². The first-order valence-corrected chi connectivity index (χ1v) is 15.7. The highest BCUT2D eigenvalue weighted by molar-refractivity contribution is 5.84. The number of unbranched alkanes of at least 4 members (excludes halogenated alkanes) is 1. The number of alkyl halides is 3. The highest BCUT2D eigenvalue weighted by Crippen LogP contribution is 2.40. The van der Waals surface area contributed by atoms with Gasteiger partial charge in [0.05, 0.1) is 18.1 Å². The van der Waals surface area contributed by atoms with E-state index in [2.05, 4.69) is 4.74 Å². The van der Waals surface area contributed by atoms with Crippen molar-refractivity contribution < 1.29 is 41.7 Å². The van der Waals surface area contributed by atoms with Crippen molar-refractivity contribution >= 4 is 16.9 Å². The molecule has 0 amide bonds. The number of halogens is 3. The molecule has 2 heterocycles. The van der Waals surface area contributed by atoms with Crippen LogP contribution in [0.4, 0.5) is 13.2 Å². The molecule has 2 unspecified atom stereocenters. The van der Waals surface area contributed by atoms with Crippen LogP contribution in [0.5, 0.6) is 11.5 Å². The van der Waals surface area contributed by atoms with Crippen LogP contribution in [0.25, 0.3) is 22.4 Å². The fourth-order valence-electron chi connectivity index (χ4n) is 5.28. The van der Waals surface area contributed by atoms with Gasteiger partial charge in [0.1, 0.15) is 23.6 Å². The minimum Gasteiger partial charge on any atom is -0.491 e. The summed E-state index contributed by atoms with van der Waals surface area (Å²) < 4.78 is 62.7. The van der Waals surface area contributed by atoms with Crippen LogP contribution in [-0.2, 0) is 16.1 Å². The number of ether oxygens (including phenoxy) is 3. The van der Waals surface area contributed by atoms with E-state index in [1.165, 1.54) is 6.07 Å². The summed E-state index contributed by atoms with van der Waals surface area (Å²) in [6, 6.07) is 8.04. The number of fused-ring (bicyclic) bond motifs is 1. The second-order valence-electron chi connectivity index (χ2n) is 14.1. The third kappa shape index (κ3) is 10.4. The Morgan fingerprint density at radius 1 is 1.02 bits per heavy atom. The first-order valence-electron chi connectivity index (χ1n) is 15.7. The summed E-state index contributed by atoms with van der Waals surface area (Å²) in [6.45, 7) is 13.8. The molecule has 0 bridgehead atoms. The van der Waals surface area contributed by atoms with Gasteiger partial charge in [-0.15, -0.1) is 13.2 Å². The molecule has 9 nitrogen and oxygen atoms in total. The number of esters is 1. The van der Waals surface area contributed by atoms with E-state index in [-0.39, 0.29) is 30.4 Å². The lowest BCUT2D eigenvalue weighted by Gasteiger charge is -2.42. The van der Waals surface area contributed by atoms with E-state index < -0.39 is 34.9 Å². The summed E-state index contributed by atoms with van der Waals surface area (Å²) in [6.07, 6.45) is -1.35. The second-order valence-corrected chi connectivity index (χ2v) is 14.1. The maximum absolute atomic E-state index is 13.1. The minimum atomic E-state index is -4.84. The van der Waals surface area contributed by atoms with E-state index in [0.29, 0.717) is 54.9 Å². The number of aliphatic hydroxyl groups excluding tert-OH is 1. The fourth-order valence-corrected chi connectivity index (χ4v) is 5.28. The first-order chi connectivity index (χ1) is 21.2. The van der Waals surface area contributed by atoms with Gasteiger partial charge in [0.2, 0.25) is 0 Å². The zero-order valence-corrected chi connectivity index (χ0v) is 28.0. The van der Waals surface area contributed by atoms with Crippen molar-refractivity contribution in [1.29, 1.82) is 0 Å². The number of aromatic nitrogens is 1. The number of hydrogen-bond donors (Lipinski definition) is 3. The van der Waals surface area contributed by atoms with Crippen LogP contribution in [0.1, 0.15) is 80.6 Å². The van der Waals surface area contributed by atoms with Crippen molar-refractivity contribution in [3.63, 3.8) is 0 Å². The van der Waals surface area contributed by atoms with Crippen LogP contribution in [0.2, 0.25) is 0 Å². The average Bonchev–Trinajstić information content (AvgIpc) is 3.50. The molecule has 2 aromatic heterocycles. The molecule has 0 aliphatic rings. The van der Waals surface area contributed by atoms with Crippen molar-refractivity contribution in [2.45, 2.75) is 111 Å². The van der Waals surface area contributed by atoms with E-state index in [0.717, 1.165) is 6.42 Å². The molecule has 0 spiro atoms. The summed E-state index contributed by atoms with van der Waals surface area (Å²) in [5.74, 6) is 0.302. The number of nitrogens with zero attached hydrogens (tertiary/aromatic N) is 1. The number of aliphatic hydroxyl groups is 1. The molecule has 3 aromatic rings.